The third kappa shape index (κ3) is 5.31. The van der Waals surface area contributed by atoms with E-state index < -0.39 is 0 Å². The van der Waals surface area contributed by atoms with Gasteiger partial charge in [0.2, 0.25) is 0 Å². The number of unbranched alkanes of at least 4 members (excludes halogenated alkanes) is 3. The van der Waals surface area contributed by atoms with Gasteiger partial charge in [0.25, 0.3) is 0 Å². The lowest BCUT2D eigenvalue weighted by Gasteiger charge is -2.25. The summed E-state index contributed by atoms with van der Waals surface area (Å²) in [5.74, 6) is 0. The molecule has 0 spiro atoms. The molecule has 1 aliphatic rings. The molecule has 0 bridgehead atoms. The molecule has 0 aromatic heterocycles. The van der Waals surface area contributed by atoms with E-state index in [4.69, 9.17) is 4.74 Å². The van der Waals surface area contributed by atoms with Gasteiger partial charge in [-0.3, -0.25) is 0 Å². The highest BCUT2D eigenvalue weighted by molar-refractivity contribution is 4.79. The molecule has 0 aromatic carbocycles. The van der Waals surface area contributed by atoms with Crippen molar-refractivity contribution in [3.05, 3.63) is 0 Å². The first-order valence-electron chi connectivity index (χ1n) is 7.17. The fourth-order valence-electron chi connectivity index (χ4n) is 2.57. The Balaban J connectivity index is 2.15. The first-order valence-corrected chi connectivity index (χ1v) is 7.17. The molecule has 1 N–H and O–H groups in total. The second-order valence-electron chi connectivity index (χ2n) is 5.00. The summed E-state index contributed by atoms with van der Waals surface area (Å²) in [6, 6.07) is 0.591. The van der Waals surface area contributed by atoms with E-state index in [9.17, 15) is 0 Å². The highest BCUT2D eigenvalue weighted by atomic mass is 16.5. The van der Waals surface area contributed by atoms with Gasteiger partial charge in [0, 0.05) is 12.6 Å². The summed E-state index contributed by atoms with van der Waals surface area (Å²) in [5, 5.41) is 3.42. The minimum atomic E-state index is 0.467. The molecular formula is C14H29NO. The molecule has 96 valence electrons. The van der Waals surface area contributed by atoms with Crippen molar-refractivity contribution in [2.75, 3.05) is 13.7 Å². The fraction of sp³-hybridized carbons (Fsp3) is 1.00. The molecule has 1 fully saturated rings. The molecule has 0 aliphatic heterocycles. The molecule has 0 aromatic rings. The molecule has 16 heavy (non-hydrogen) atoms. The quantitative estimate of drug-likeness (QED) is 0.531. The second kappa shape index (κ2) is 9.00. The lowest BCUT2D eigenvalue weighted by atomic mass is 10.1. The monoisotopic (exact) mass is 227 g/mol. The highest BCUT2D eigenvalue weighted by Crippen LogP contribution is 2.20. The van der Waals surface area contributed by atoms with Gasteiger partial charge in [0.15, 0.2) is 0 Å². The molecule has 0 amide bonds. The van der Waals surface area contributed by atoms with Crippen molar-refractivity contribution in [3.63, 3.8) is 0 Å². The van der Waals surface area contributed by atoms with E-state index in [1.807, 2.05) is 0 Å². The van der Waals surface area contributed by atoms with Crippen molar-refractivity contribution in [3.8, 4) is 0 Å². The van der Waals surface area contributed by atoms with Crippen molar-refractivity contribution < 1.29 is 4.74 Å². The first-order chi connectivity index (χ1) is 7.88. The van der Waals surface area contributed by atoms with Crippen LogP contribution in [0.15, 0.2) is 0 Å². The highest BCUT2D eigenvalue weighted by Gasteiger charge is 2.22. The standard InChI is InChI=1S/C14H29NO/c1-3-4-5-9-12-16-14-11-8-6-7-10-13(14)15-2/h13-15H,3-12H2,1-2H3. The van der Waals surface area contributed by atoms with E-state index >= 15 is 0 Å². The van der Waals surface area contributed by atoms with Crippen molar-refractivity contribution in [2.45, 2.75) is 76.9 Å². The number of hydrogen-bond acceptors (Lipinski definition) is 2. The summed E-state index contributed by atoms with van der Waals surface area (Å²) in [6.45, 7) is 3.21. The van der Waals surface area contributed by atoms with Gasteiger partial charge >= 0.3 is 0 Å². The number of nitrogens with one attached hydrogen (secondary N) is 1. The zero-order valence-corrected chi connectivity index (χ0v) is 11.1. The number of ether oxygens (including phenoxy) is 1. The molecule has 2 unspecified atom stereocenters. The van der Waals surface area contributed by atoms with E-state index in [2.05, 4.69) is 19.3 Å². The van der Waals surface area contributed by atoms with Gasteiger partial charge < -0.3 is 10.1 Å². The van der Waals surface area contributed by atoms with Crippen LogP contribution in [0.5, 0.6) is 0 Å². The number of rotatable bonds is 7. The molecular weight excluding hydrogens is 198 g/mol. The SMILES string of the molecule is CCCCCCOC1CCCCCC1NC. The lowest BCUT2D eigenvalue weighted by molar-refractivity contribution is 0.0218. The van der Waals surface area contributed by atoms with E-state index in [1.54, 1.807) is 0 Å². The van der Waals surface area contributed by atoms with E-state index in [0.717, 1.165) is 6.61 Å². The summed E-state index contributed by atoms with van der Waals surface area (Å²) in [6.07, 6.45) is 12.3. The predicted octanol–water partition coefficient (Wildman–Crippen LogP) is 3.50. The van der Waals surface area contributed by atoms with Crippen molar-refractivity contribution >= 4 is 0 Å². The Hall–Kier alpha value is -0.0800. The molecule has 2 heteroatoms. The van der Waals surface area contributed by atoms with Crippen LogP contribution in [0.2, 0.25) is 0 Å². The minimum absolute atomic E-state index is 0.467. The summed E-state index contributed by atoms with van der Waals surface area (Å²) < 4.78 is 6.05. The smallest absolute Gasteiger partial charge is 0.0727 e. The first kappa shape index (κ1) is 14.0. The van der Waals surface area contributed by atoms with Gasteiger partial charge in [-0.25, -0.2) is 0 Å². The molecule has 1 aliphatic carbocycles. The Labute approximate surface area is 101 Å². The lowest BCUT2D eigenvalue weighted by Crippen LogP contribution is -2.38. The largest absolute Gasteiger partial charge is 0.377 e. The van der Waals surface area contributed by atoms with Crippen LogP contribution in [0.1, 0.15) is 64.7 Å². The summed E-state index contributed by atoms with van der Waals surface area (Å²) in [4.78, 5) is 0. The minimum Gasteiger partial charge on any atom is -0.377 e. The molecule has 0 saturated heterocycles. The average Bonchev–Trinajstić information content (AvgIpc) is 2.53. The van der Waals surface area contributed by atoms with Gasteiger partial charge in [-0.1, -0.05) is 45.4 Å². The van der Waals surface area contributed by atoms with Gasteiger partial charge in [-0.05, 0) is 26.3 Å². The van der Waals surface area contributed by atoms with Crippen LogP contribution in [0, 0.1) is 0 Å². The topological polar surface area (TPSA) is 21.3 Å². The van der Waals surface area contributed by atoms with Gasteiger partial charge in [0.1, 0.15) is 0 Å². The van der Waals surface area contributed by atoms with Crippen LogP contribution in [0.4, 0.5) is 0 Å². The van der Waals surface area contributed by atoms with Crippen molar-refractivity contribution in [1.29, 1.82) is 0 Å². The van der Waals surface area contributed by atoms with Crippen molar-refractivity contribution in [2.24, 2.45) is 0 Å². The van der Waals surface area contributed by atoms with E-state index in [0.29, 0.717) is 12.1 Å². The maximum absolute atomic E-state index is 6.05. The van der Waals surface area contributed by atoms with Crippen LogP contribution < -0.4 is 5.32 Å². The number of hydrogen-bond donors (Lipinski definition) is 1. The maximum Gasteiger partial charge on any atom is 0.0727 e. The fourth-order valence-corrected chi connectivity index (χ4v) is 2.57. The van der Waals surface area contributed by atoms with Crippen LogP contribution in [-0.4, -0.2) is 25.8 Å². The van der Waals surface area contributed by atoms with Crippen LogP contribution in [0.3, 0.4) is 0 Å². The Kier molecular flexibility index (Phi) is 7.87. The Morgan fingerprint density at radius 3 is 2.62 bits per heavy atom. The summed E-state index contributed by atoms with van der Waals surface area (Å²) in [5.41, 5.74) is 0. The normalized spacial score (nSPS) is 26.6. The van der Waals surface area contributed by atoms with Crippen LogP contribution in [0.25, 0.3) is 0 Å². The van der Waals surface area contributed by atoms with Crippen LogP contribution >= 0.6 is 0 Å². The third-order valence-corrected chi connectivity index (χ3v) is 3.65. The van der Waals surface area contributed by atoms with Gasteiger partial charge in [0.05, 0.1) is 6.10 Å². The van der Waals surface area contributed by atoms with Gasteiger partial charge in [-0.2, -0.15) is 0 Å². The zero-order valence-electron chi connectivity index (χ0n) is 11.1. The molecule has 2 nitrogen and oxygen atoms in total. The maximum atomic E-state index is 6.05. The van der Waals surface area contributed by atoms with Gasteiger partial charge in [-0.15, -0.1) is 0 Å². The Bertz CT molecular complexity index is 161. The van der Waals surface area contributed by atoms with E-state index in [1.165, 1.54) is 57.8 Å². The molecule has 1 saturated carbocycles. The van der Waals surface area contributed by atoms with E-state index in [-0.39, 0.29) is 0 Å². The van der Waals surface area contributed by atoms with Crippen molar-refractivity contribution in [1.82, 2.24) is 5.32 Å². The number of likely N-dealkylation sites (N-methyl/N-ethyl adjacent to an activating group) is 1. The molecule has 1 rings (SSSR count). The third-order valence-electron chi connectivity index (χ3n) is 3.65. The molecule has 2 atom stereocenters. The average molecular weight is 227 g/mol. The Morgan fingerprint density at radius 2 is 1.88 bits per heavy atom. The second-order valence-corrected chi connectivity index (χ2v) is 5.00. The molecule has 0 heterocycles. The van der Waals surface area contributed by atoms with Crippen LogP contribution in [-0.2, 0) is 4.74 Å². The summed E-state index contributed by atoms with van der Waals surface area (Å²) in [7, 11) is 2.07. The zero-order chi connectivity index (χ0) is 11.6. The molecule has 0 radical (unpaired) electrons. The Morgan fingerprint density at radius 1 is 1.06 bits per heavy atom. The predicted molar refractivity (Wildman–Crippen MR) is 69.8 cm³/mol. The summed E-state index contributed by atoms with van der Waals surface area (Å²) >= 11 is 0.